The smallest absolute Gasteiger partial charge is 0.339 e. The van der Waals surface area contributed by atoms with Gasteiger partial charge in [-0.2, -0.15) is 0 Å². The van der Waals surface area contributed by atoms with Crippen LogP contribution in [0.15, 0.2) is 67.1 Å². The number of amides is 2. The molecule has 9 heteroatoms. The molecule has 2 amide bonds. The molecule has 1 aliphatic rings. The summed E-state index contributed by atoms with van der Waals surface area (Å²) in [4.78, 5) is 42.3. The molecule has 2 aromatic carbocycles. The van der Waals surface area contributed by atoms with Gasteiger partial charge in [-0.3, -0.25) is 19.9 Å². The molecular formula is C26H18ClN3O5. The molecule has 5 rings (SSSR count). The molecule has 0 bridgehead atoms. The lowest BCUT2D eigenvalue weighted by Gasteiger charge is -2.10. The highest BCUT2D eigenvalue weighted by atomic mass is 35.5. The number of nitrogens with zero attached hydrogens (tertiary/aromatic N) is 2. The lowest BCUT2D eigenvalue weighted by Crippen LogP contribution is -2.22. The van der Waals surface area contributed by atoms with Gasteiger partial charge in [0.15, 0.2) is 0 Å². The van der Waals surface area contributed by atoms with Crippen molar-refractivity contribution in [1.82, 2.24) is 14.9 Å². The molecule has 0 unspecified atom stereocenters. The molecule has 8 nitrogen and oxygen atoms in total. The van der Waals surface area contributed by atoms with Crippen LogP contribution in [0.1, 0.15) is 21.5 Å². The van der Waals surface area contributed by atoms with E-state index in [1.165, 1.54) is 20.4 Å². The number of carbonyl (C=O) groups is 3. The molecule has 0 atom stereocenters. The largest absolute Gasteiger partial charge is 0.496 e. The first-order chi connectivity index (χ1) is 16.9. The Morgan fingerprint density at radius 1 is 0.971 bits per heavy atom. The topological polar surface area (TPSA) is 99.5 Å². The Morgan fingerprint density at radius 3 is 2.46 bits per heavy atom. The van der Waals surface area contributed by atoms with Crippen molar-refractivity contribution in [3.8, 4) is 11.4 Å². The molecule has 1 aliphatic heterocycles. The van der Waals surface area contributed by atoms with E-state index in [9.17, 15) is 14.4 Å². The Hall–Kier alpha value is -4.43. The maximum absolute atomic E-state index is 13.1. The first-order valence-corrected chi connectivity index (χ1v) is 10.9. The van der Waals surface area contributed by atoms with E-state index in [2.05, 4.69) is 10.3 Å². The standard InChI is InChI=1S/C26H18ClN3O5/c1-34-21-8-7-15(27)10-18(21)22-23(25(32)29-24(22)31)19-13-30(20-6-4-3-5-17(19)20)16-9-14(11-28-12-16)26(33)35-2/h3-13H,1-2H3,(H,29,31,32). The number of methoxy groups -OCH3 is 2. The van der Waals surface area contributed by atoms with E-state index in [0.717, 1.165) is 10.9 Å². The number of aromatic nitrogens is 2. The quantitative estimate of drug-likeness (QED) is 0.337. The average molecular weight is 488 g/mol. The fourth-order valence-corrected chi connectivity index (χ4v) is 4.40. The third kappa shape index (κ3) is 3.74. The van der Waals surface area contributed by atoms with Gasteiger partial charge in [0.2, 0.25) is 0 Å². The van der Waals surface area contributed by atoms with Crippen LogP contribution in [0.3, 0.4) is 0 Å². The molecule has 0 radical (unpaired) electrons. The van der Waals surface area contributed by atoms with Crippen molar-refractivity contribution >= 4 is 51.4 Å². The molecular weight excluding hydrogens is 470 g/mol. The van der Waals surface area contributed by atoms with E-state index in [-0.39, 0.29) is 16.7 Å². The van der Waals surface area contributed by atoms with Crippen molar-refractivity contribution in [2.24, 2.45) is 0 Å². The van der Waals surface area contributed by atoms with Crippen molar-refractivity contribution < 1.29 is 23.9 Å². The Morgan fingerprint density at radius 2 is 1.71 bits per heavy atom. The summed E-state index contributed by atoms with van der Waals surface area (Å²) in [6.45, 7) is 0. The van der Waals surface area contributed by atoms with E-state index in [1.54, 1.807) is 41.2 Å². The van der Waals surface area contributed by atoms with Crippen LogP contribution in [0.5, 0.6) is 5.75 Å². The fraction of sp³-hybridized carbons (Fsp3) is 0.0769. The molecule has 0 saturated carbocycles. The van der Waals surface area contributed by atoms with Crippen LogP contribution in [0, 0.1) is 0 Å². The van der Waals surface area contributed by atoms with E-state index >= 15 is 0 Å². The first-order valence-electron chi connectivity index (χ1n) is 10.5. The highest BCUT2D eigenvalue weighted by molar-refractivity contribution is 6.50. The number of nitrogens with one attached hydrogen (secondary N) is 1. The van der Waals surface area contributed by atoms with Crippen molar-refractivity contribution in [2.75, 3.05) is 14.2 Å². The number of fused-ring (bicyclic) bond motifs is 1. The maximum Gasteiger partial charge on any atom is 0.339 e. The number of carbonyl (C=O) groups excluding carboxylic acids is 3. The monoisotopic (exact) mass is 487 g/mol. The van der Waals surface area contributed by atoms with Gasteiger partial charge in [0.05, 0.1) is 48.3 Å². The molecule has 2 aromatic heterocycles. The number of hydrogen-bond donors (Lipinski definition) is 1. The number of pyridine rings is 1. The Balaban J connectivity index is 1.79. The second kappa shape index (κ2) is 8.73. The number of benzene rings is 2. The number of halogens is 1. The number of esters is 1. The van der Waals surface area contributed by atoms with Crippen LogP contribution in [0.4, 0.5) is 0 Å². The predicted octanol–water partition coefficient (Wildman–Crippen LogP) is 4.04. The van der Waals surface area contributed by atoms with E-state index in [4.69, 9.17) is 21.1 Å². The number of hydrogen-bond acceptors (Lipinski definition) is 6. The maximum atomic E-state index is 13.1. The van der Waals surface area contributed by atoms with Crippen LogP contribution in [-0.4, -0.2) is 41.6 Å². The Bertz CT molecular complexity index is 1570. The summed E-state index contributed by atoms with van der Waals surface area (Å²) in [6.07, 6.45) is 4.75. The molecule has 0 saturated heterocycles. The second-order valence-corrected chi connectivity index (χ2v) is 8.17. The molecule has 3 heterocycles. The third-order valence-electron chi connectivity index (χ3n) is 5.77. The fourth-order valence-electron chi connectivity index (χ4n) is 4.23. The average Bonchev–Trinajstić information content (AvgIpc) is 3.39. The molecule has 0 spiro atoms. The summed E-state index contributed by atoms with van der Waals surface area (Å²) in [5.74, 6) is -1.19. The number of para-hydroxylation sites is 1. The molecule has 35 heavy (non-hydrogen) atoms. The van der Waals surface area contributed by atoms with Crippen molar-refractivity contribution in [3.63, 3.8) is 0 Å². The summed E-state index contributed by atoms with van der Waals surface area (Å²) >= 11 is 6.22. The van der Waals surface area contributed by atoms with E-state index < -0.39 is 17.8 Å². The zero-order valence-corrected chi connectivity index (χ0v) is 19.4. The van der Waals surface area contributed by atoms with Gasteiger partial charge in [0.1, 0.15) is 5.75 Å². The van der Waals surface area contributed by atoms with Crippen LogP contribution in [0.2, 0.25) is 5.02 Å². The second-order valence-electron chi connectivity index (χ2n) is 7.73. The number of ether oxygens (including phenoxy) is 2. The molecule has 0 aliphatic carbocycles. The third-order valence-corrected chi connectivity index (χ3v) is 6.00. The normalized spacial score (nSPS) is 13.3. The van der Waals surface area contributed by atoms with Gasteiger partial charge in [0, 0.05) is 33.9 Å². The van der Waals surface area contributed by atoms with Gasteiger partial charge >= 0.3 is 5.97 Å². The summed E-state index contributed by atoms with van der Waals surface area (Å²) in [6, 6.07) is 14.0. The van der Waals surface area contributed by atoms with E-state index in [0.29, 0.717) is 27.6 Å². The van der Waals surface area contributed by atoms with Crippen molar-refractivity contribution in [2.45, 2.75) is 0 Å². The molecule has 4 aromatic rings. The van der Waals surface area contributed by atoms with Gasteiger partial charge in [-0.1, -0.05) is 29.8 Å². The highest BCUT2D eigenvalue weighted by Crippen LogP contribution is 2.40. The van der Waals surface area contributed by atoms with Crippen LogP contribution in [-0.2, 0) is 14.3 Å². The van der Waals surface area contributed by atoms with Crippen LogP contribution in [0.25, 0.3) is 27.7 Å². The Labute approximate surface area is 204 Å². The van der Waals surface area contributed by atoms with Crippen molar-refractivity contribution in [1.29, 1.82) is 0 Å². The summed E-state index contributed by atoms with van der Waals surface area (Å²) in [5, 5.41) is 3.52. The Kier molecular flexibility index (Phi) is 5.58. The number of rotatable bonds is 5. The van der Waals surface area contributed by atoms with Crippen LogP contribution < -0.4 is 10.1 Å². The lowest BCUT2D eigenvalue weighted by atomic mass is 9.95. The van der Waals surface area contributed by atoms with Crippen molar-refractivity contribution in [3.05, 3.63) is 88.8 Å². The summed E-state index contributed by atoms with van der Waals surface area (Å²) < 4.78 is 12.1. The molecule has 0 fully saturated rings. The van der Waals surface area contributed by atoms with Gasteiger partial charge < -0.3 is 14.0 Å². The highest BCUT2D eigenvalue weighted by Gasteiger charge is 2.35. The zero-order chi connectivity index (χ0) is 24.7. The summed E-state index contributed by atoms with van der Waals surface area (Å²) in [5.41, 5.74) is 2.92. The summed E-state index contributed by atoms with van der Waals surface area (Å²) in [7, 11) is 2.78. The predicted molar refractivity (Wildman–Crippen MR) is 130 cm³/mol. The number of imide groups is 1. The molecule has 174 valence electrons. The van der Waals surface area contributed by atoms with Gasteiger partial charge in [-0.15, -0.1) is 0 Å². The van der Waals surface area contributed by atoms with Crippen LogP contribution >= 0.6 is 11.6 Å². The van der Waals surface area contributed by atoms with Gasteiger partial charge in [-0.05, 0) is 30.3 Å². The first kappa shape index (κ1) is 22.4. The molecule has 1 N–H and O–H groups in total. The van der Waals surface area contributed by atoms with Gasteiger partial charge in [0.25, 0.3) is 11.8 Å². The minimum Gasteiger partial charge on any atom is -0.496 e. The minimum atomic E-state index is -0.545. The minimum absolute atomic E-state index is 0.165. The van der Waals surface area contributed by atoms with Gasteiger partial charge in [-0.25, -0.2) is 4.79 Å². The van der Waals surface area contributed by atoms with E-state index in [1.807, 2.05) is 24.3 Å². The SMILES string of the molecule is COC(=O)c1cncc(-n2cc(C3=C(c4cc(Cl)ccc4OC)C(=O)NC3=O)c3ccccc32)c1. The zero-order valence-electron chi connectivity index (χ0n) is 18.7. The lowest BCUT2D eigenvalue weighted by molar-refractivity contribution is -0.122.